The van der Waals surface area contributed by atoms with E-state index in [0.29, 0.717) is 37.9 Å². The monoisotopic (exact) mass is 462 g/mol. The lowest BCUT2D eigenvalue weighted by Gasteiger charge is -2.21. The van der Waals surface area contributed by atoms with Gasteiger partial charge in [0.1, 0.15) is 11.6 Å². The van der Waals surface area contributed by atoms with Gasteiger partial charge in [-0.3, -0.25) is 4.79 Å². The Bertz CT molecular complexity index is 1110. The average Bonchev–Trinajstić information content (AvgIpc) is 3.58. The molecule has 172 valence electrons. The van der Waals surface area contributed by atoms with Crippen LogP contribution in [0.25, 0.3) is 11.1 Å². The number of amides is 1. The Labute approximate surface area is 187 Å². The molecule has 1 aliphatic carbocycles. The first-order valence-corrected chi connectivity index (χ1v) is 12.8. The molecule has 1 heterocycles. The Balaban J connectivity index is 1.47. The molecule has 8 heteroatoms. The number of nitrogens with one attached hydrogen (secondary N) is 1. The zero-order chi connectivity index (χ0) is 22.9. The first-order valence-electron chi connectivity index (χ1n) is 11.1. The summed E-state index contributed by atoms with van der Waals surface area (Å²) < 4.78 is 55.6. The molecule has 3 atom stereocenters. The van der Waals surface area contributed by atoms with Crippen molar-refractivity contribution in [1.82, 2.24) is 9.62 Å². The van der Waals surface area contributed by atoms with Gasteiger partial charge in [-0.2, -0.15) is 0 Å². The molecule has 4 rings (SSSR count). The van der Waals surface area contributed by atoms with Gasteiger partial charge in [0.25, 0.3) is 0 Å². The van der Waals surface area contributed by atoms with E-state index in [-0.39, 0.29) is 40.7 Å². The number of nitrogens with zero attached hydrogens (tertiary/aromatic N) is 1. The van der Waals surface area contributed by atoms with Gasteiger partial charge in [-0.1, -0.05) is 30.3 Å². The van der Waals surface area contributed by atoms with Gasteiger partial charge in [-0.05, 0) is 56.2 Å². The van der Waals surface area contributed by atoms with E-state index in [1.54, 1.807) is 42.2 Å². The Morgan fingerprint density at radius 2 is 1.81 bits per heavy atom. The van der Waals surface area contributed by atoms with Crippen molar-refractivity contribution in [3.63, 3.8) is 0 Å². The number of likely N-dealkylation sites (tertiary alicyclic amines) is 1. The average molecular weight is 463 g/mol. The molecule has 2 fully saturated rings. The highest BCUT2D eigenvalue weighted by Crippen LogP contribution is 2.52. The van der Waals surface area contributed by atoms with Crippen molar-refractivity contribution in [2.75, 3.05) is 18.8 Å². The molecule has 1 amide bonds. The molecule has 1 aliphatic heterocycles. The normalized spacial score (nSPS) is 23.6. The SMILES string of the molecule is CCS(=O)(=O)N[C@H]1CCCN(C(=O)[C@@H]2C[C@H]2c2cccc(F)c2-c2ccccc2F)CC1. The molecule has 1 saturated carbocycles. The summed E-state index contributed by atoms with van der Waals surface area (Å²) in [5.41, 5.74) is 1.10. The van der Waals surface area contributed by atoms with Gasteiger partial charge < -0.3 is 4.90 Å². The van der Waals surface area contributed by atoms with Crippen molar-refractivity contribution in [2.45, 2.75) is 44.6 Å². The summed E-state index contributed by atoms with van der Waals surface area (Å²) >= 11 is 0. The number of benzene rings is 2. The summed E-state index contributed by atoms with van der Waals surface area (Å²) in [6.07, 6.45) is 2.59. The van der Waals surface area contributed by atoms with Crippen LogP contribution in [-0.2, 0) is 14.8 Å². The van der Waals surface area contributed by atoms with Crippen molar-refractivity contribution < 1.29 is 22.0 Å². The number of sulfonamides is 1. The molecule has 0 aromatic heterocycles. The number of carbonyl (C=O) groups is 1. The predicted molar refractivity (Wildman–Crippen MR) is 119 cm³/mol. The van der Waals surface area contributed by atoms with E-state index < -0.39 is 21.7 Å². The molecule has 5 nitrogen and oxygen atoms in total. The van der Waals surface area contributed by atoms with Crippen LogP contribution < -0.4 is 4.72 Å². The van der Waals surface area contributed by atoms with Crippen LogP contribution in [0.15, 0.2) is 42.5 Å². The van der Waals surface area contributed by atoms with Crippen LogP contribution in [0.4, 0.5) is 8.78 Å². The van der Waals surface area contributed by atoms with Gasteiger partial charge in [-0.15, -0.1) is 0 Å². The fourth-order valence-electron chi connectivity index (χ4n) is 4.62. The summed E-state index contributed by atoms with van der Waals surface area (Å²) in [7, 11) is -3.28. The Kier molecular flexibility index (Phi) is 6.62. The second-order valence-corrected chi connectivity index (χ2v) is 10.6. The second kappa shape index (κ2) is 9.27. The van der Waals surface area contributed by atoms with Crippen molar-refractivity contribution in [3.8, 4) is 11.1 Å². The van der Waals surface area contributed by atoms with Gasteiger partial charge in [0, 0.05) is 36.2 Å². The van der Waals surface area contributed by atoms with E-state index in [1.165, 1.54) is 12.1 Å². The Hall–Kier alpha value is -2.32. The first-order chi connectivity index (χ1) is 15.3. The van der Waals surface area contributed by atoms with E-state index in [9.17, 15) is 22.0 Å². The van der Waals surface area contributed by atoms with Gasteiger partial charge in [0.15, 0.2) is 0 Å². The van der Waals surface area contributed by atoms with Gasteiger partial charge >= 0.3 is 0 Å². The van der Waals surface area contributed by atoms with Crippen molar-refractivity contribution in [2.24, 2.45) is 5.92 Å². The molecule has 0 bridgehead atoms. The Morgan fingerprint density at radius 3 is 2.56 bits per heavy atom. The van der Waals surface area contributed by atoms with Crippen LogP contribution in [0.3, 0.4) is 0 Å². The smallest absolute Gasteiger partial charge is 0.226 e. The minimum atomic E-state index is -3.28. The number of hydrogen-bond acceptors (Lipinski definition) is 3. The molecular formula is C24H28F2N2O3S. The van der Waals surface area contributed by atoms with Crippen LogP contribution in [0, 0.1) is 17.6 Å². The first kappa shape index (κ1) is 22.9. The third-order valence-electron chi connectivity index (χ3n) is 6.46. The molecule has 2 aromatic rings. The van der Waals surface area contributed by atoms with Gasteiger partial charge in [-0.25, -0.2) is 21.9 Å². The van der Waals surface area contributed by atoms with Crippen LogP contribution in [0.1, 0.15) is 44.1 Å². The zero-order valence-corrected chi connectivity index (χ0v) is 18.9. The minimum Gasteiger partial charge on any atom is -0.342 e. The number of carbonyl (C=O) groups excluding carboxylic acids is 1. The molecule has 32 heavy (non-hydrogen) atoms. The molecule has 1 saturated heterocycles. The molecule has 1 N–H and O–H groups in total. The van der Waals surface area contributed by atoms with E-state index in [1.807, 2.05) is 0 Å². The van der Waals surface area contributed by atoms with Crippen LogP contribution in [-0.4, -0.2) is 44.1 Å². The summed E-state index contributed by atoms with van der Waals surface area (Å²) in [4.78, 5) is 15.0. The van der Waals surface area contributed by atoms with E-state index in [2.05, 4.69) is 4.72 Å². The lowest BCUT2D eigenvalue weighted by Crippen LogP contribution is -2.37. The van der Waals surface area contributed by atoms with E-state index in [0.717, 1.165) is 6.42 Å². The number of hydrogen-bond donors (Lipinski definition) is 1. The van der Waals surface area contributed by atoms with Crippen molar-refractivity contribution in [3.05, 3.63) is 59.7 Å². The maximum Gasteiger partial charge on any atom is 0.226 e. The summed E-state index contributed by atoms with van der Waals surface area (Å²) in [6, 6.07) is 10.6. The molecule has 2 aliphatic rings. The summed E-state index contributed by atoms with van der Waals surface area (Å²) in [5, 5.41) is 0. The fourth-order valence-corrected chi connectivity index (χ4v) is 5.53. The topological polar surface area (TPSA) is 66.5 Å². The third-order valence-corrected chi connectivity index (χ3v) is 7.91. The van der Waals surface area contributed by atoms with E-state index in [4.69, 9.17) is 0 Å². The van der Waals surface area contributed by atoms with Crippen molar-refractivity contribution >= 4 is 15.9 Å². The quantitative estimate of drug-likeness (QED) is 0.704. The third kappa shape index (κ3) is 4.86. The molecule has 0 unspecified atom stereocenters. The highest BCUT2D eigenvalue weighted by molar-refractivity contribution is 7.89. The minimum absolute atomic E-state index is 0.0118. The summed E-state index contributed by atoms with van der Waals surface area (Å²) in [5.74, 6) is -1.34. The number of rotatable bonds is 6. The predicted octanol–water partition coefficient (Wildman–Crippen LogP) is 4.06. The lowest BCUT2D eigenvalue weighted by molar-refractivity contribution is -0.132. The second-order valence-electron chi connectivity index (χ2n) is 8.61. The van der Waals surface area contributed by atoms with Gasteiger partial charge in [0.2, 0.25) is 15.9 Å². The molecule has 0 radical (unpaired) electrons. The van der Waals surface area contributed by atoms with Gasteiger partial charge in [0.05, 0.1) is 5.75 Å². The summed E-state index contributed by atoms with van der Waals surface area (Å²) in [6.45, 7) is 2.67. The zero-order valence-electron chi connectivity index (χ0n) is 18.1. The van der Waals surface area contributed by atoms with Crippen LogP contribution in [0.2, 0.25) is 0 Å². The standard InChI is InChI=1S/C24H28F2N2O3S/c1-2-32(30,31)27-16-7-6-13-28(14-12-16)24(29)20-15-19(20)17-9-5-11-22(26)23(17)18-8-3-4-10-21(18)25/h3-5,8-11,16,19-20,27H,2,6-7,12-15H2,1H3/t16-,19-,20+/m0/s1. The fraction of sp³-hybridized carbons (Fsp3) is 0.458. The molecule has 0 spiro atoms. The highest BCUT2D eigenvalue weighted by atomic mass is 32.2. The number of halogens is 2. The maximum atomic E-state index is 14.7. The largest absolute Gasteiger partial charge is 0.342 e. The molecule has 2 aromatic carbocycles. The van der Waals surface area contributed by atoms with Crippen molar-refractivity contribution in [1.29, 1.82) is 0 Å². The van der Waals surface area contributed by atoms with E-state index >= 15 is 0 Å². The Morgan fingerprint density at radius 1 is 1.06 bits per heavy atom. The highest BCUT2D eigenvalue weighted by Gasteiger charge is 2.47. The lowest BCUT2D eigenvalue weighted by atomic mass is 9.95. The maximum absolute atomic E-state index is 14.7. The van der Waals surface area contributed by atoms with Crippen LogP contribution >= 0.6 is 0 Å². The van der Waals surface area contributed by atoms with Crippen LogP contribution in [0.5, 0.6) is 0 Å². The molecular weight excluding hydrogens is 434 g/mol.